The van der Waals surface area contributed by atoms with Crippen LogP contribution in [0, 0.1) is 0 Å². The molecule has 32 heavy (non-hydrogen) atoms. The van der Waals surface area contributed by atoms with Crippen LogP contribution >= 0.6 is 0 Å². The van der Waals surface area contributed by atoms with Crippen molar-refractivity contribution in [1.82, 2.24) is 30.0 Å². The summed E-state index contributed by atoms with van der Waals surface area (Å²) in [5.74, 6) is 2.38. The second kappa shape index (κ2) is 9.19. The van der Waals surface area contributed by atoms with Crippen molar-refractivity contribution in [3.05, 3.63) is 60.4 Å². The fourth-order valence-corrected chi connectivity index (χ4v) is 3.63. The predicted octanol–water partition coefficient (Wildman–Crippen LogP) is 3.37. The molecule has 3 aromatic rings. The van der Waals surface area contributed by atoms with Crippen LogP contribution in [0.4, 0.5) is 17.7 Å². The van der Waals surface area contributed by atoms with Gasteiger partial charge >= 0.3 is 6.01 Å². The summed E-state index contributed by atoms with van der Waals surface area (Å²) in [5, 5.41) is 10.6. The Morgan fingerprint density at radius 3 is 2.62 bits per heavy atom. The summed E-state index contributed by atoms with van der Waals surface area (Å²) in [4.78, 5) is 18.2. The van der Waals surface area contributed by atoms with Gasteiger partial charge in [-0.1, -0.05) is 36.4 Å². The van der Waals surface area contributed by atoms with E-state index < -0.39 is 0 Å². The molecule has 0 unspecified atom stereocenters. The van der Waals surface area contributed by atoms with Crippen molar-refractivity contribution in [2.75, 3.05) is 43.4 Å². The molecule has 0 spiro atoms. The van der Waals surface area contributed by atoms with Crippen molar-refractivity contribution < 1.29 is 4.74 Å². The SMILES string of the molecule is CN1CCN(c2nc(Nc3cc(-c4ccccc4)[nH]n3)nc(OC3=CCCC=C3)n2)CC1. The van der Waals surface area contributed by atoms with E-state index in [-0.39, 0.29) is 6.01 Å². The fourth-order valence-electron chi connectivity index (χ4n) is 3.63. The average Bonchev–Trinajstić information content (AvgIpc) is 3.29. The first kappa shape index (κ1) is 20.2. The van der Waals surface area contributed by atoms with Gasteiger partial charge in [-0.15, -0.1) is 0 Å². The highest BCUT2D eigenvalue weighted by Crippen LogP contribution is 2.24. The third-order valence-electron chi connectivity index (χ3n) is 5.46. The Morgan fingerprint density at radius 2 is 1.84 bits per heavy atom. The highest BCUT2D eigenvalue weighted by Gasteiger charge is 2.20. The number of nitrogens with zero attached hydrogens (tertiary/aromatic N) is 6. The van der Waals surface area contributed by atoms with Gasteiger partial charge < -0.3 is 19.9 Å². The molecular weight excluding hydrogens is 404 g/mol. The second-order valence-electron chi connectivity index (χ2n) is 7.88. The third kappa shape index (κ3) is 4.78. The average molecular weight is 431 g/mol. The zero-order valence-corrected chi connectivity index (χ0v) is 18.0. The Morgan fingerprint density at radius 1 is 1.00 bits per heavy atom. The maximum Gasteiger partial charge on any atom is 0.328 e. The van der Waals surface area contributed by atoms with E-state index in [2.05, 4.69) is 53.4 Å². The van der Waals surface area contributed by atoms with Crippen molar-refractivity contribution in [3.8, 4) is 17.3 Å². The molecule has 5 rings (SSSR count). The van der Waals surface area contributed by atoms with E-state index in [1.807, 2.05) is 48.6 Å². The summed E-state index contributed by atoms with van der Waals surface area (Å²) in [6.45, 7) is 3.61. The number of anilines is 3. The summed E-state index contributed by atoms with van der Waals surface area (Å²) in [5.41, 5.74) is 1.97. The zero-order valence-electron chi connectivity index (χ0n) is 18.0. The molecule has 164 valence electrons. The second-order valence-corrected chi connectivity index (χ2v) is 7.88. The predicted molar refractivity (Wildman–Crippen MR) is 124 cm³/mol. The number of hydrogen-bond donors (Lipinski definition) is 2. The van der Waals surface area contributed by atoms with Crippen LogP contribution in [-0.2, 0) is 0 Å². The lowest BCUT2D eigenvalue weighted by atomic mass is 10.2. The van der Waals surface area contributed by atoms with E-state index in [9.17, 15) is 0 Å². The van der Waals surface area contributed by atoms with E-state index in [1.54, 1.807) is 0 Å². The van der Waals surface area contributed by atoms with Gasteiger partial charge in [0.1, 0.15) is 5.76 Å². The van der Waals surface area contributed by atoms with Crippen molar-refractivity contribution in [3.63, 3.8) is 0 Å². The molecule has 0 amide bonds. The van der Waals surface area contributed by atoms with Crippen molar-refractivity contribution in [1.29, 1.82) is 0 Å². The number of piperazine rings is 1. The number of hydrogen-bond acceptors (Lipinski definition) is 8. The molecule has 2 aliphatic rings. The lowest BCUT2D eigenvalue weighted by molar-refractivity contribution is 0.310. The summed E-state index contributed by atoms with van der Waals surface area (Å²) >= 11 is 0. The van der Waals surface area contributed by atoms with Gasteiger partial charge in [0.2, 0.25) is 11.9 Å². The molecule has 1 aromatic carbocycles. The number of nitrogens with one attached hydrogen (secondary N) is 2. The molecule has 0 saturated carbocycles. The topological polar surface area (TPSA) is 95.1 Å². The number of H-pyrrole nitrogens is 1. The fraction of sp³-hybridized carbons (Fsp3) is 0.304. The summed E-state index contributed by atoms with van der Waals surface area (Å²) in [6, 6.07) is 12.2. The Kier molecular flexibility index (Phi) is 5.80. The van der Waals surface area contributed by atoms with Gasteiger partial charge in [-0.05, 0) is 37.6 Å². The van der Waals surface area contributed by atoms with Crippen LogP contribution < -0.4 is 15.0 Å². The van der Waals surface area contributed by atoms with E-state index in [0.717, 1.165) is 56.0 Å². The smallest absolute Gasteiger partial charge is 0.328 e. The number of allylic oxidation sites excluding steroid dienone is 3. The first-order valence-electron chi connectivity index (χ1n) is 10.8. The van der Waals surface area contributed by atoms with Crippen molar-refractivity contribution in [2.45, 2.75) is 12.8 Å². The molecule has 9 nitrogen and oxygen atoms in total. The highest BCUT2D eigenvalue weighted by molar-refractivity contribution is 5.64. The van der Waals surface area contributed by atoms with Crippen molar-refractivity contribution >= 4 is 17.7 Å². The van der Waals surface area contributed by atoms with Gasteiger partial charge in [-0.2, -0.15) is 20.1 Å². The van der Waals surface area contributed by atoms with Crippen LogP contribution in [0.25, 0.3) is 11.3 Å². The van der Waals surface area contributed by atoms with Gasteiger partial charge in [0.25, 0.3) is 0 Å². The first-order valence-corrected chi connectivity index (χ1v) is 10.8. The largest absolute Gasteiger partial charge is 0.424 e. The molecule has 1 fully saturated rings. The molecule has 2 N–H and O–H groups in total. The van der Waals surface area contributed by atoms with E-state index in [0.29, 0.717) is 17.7 Å². The van der Waals surface area contributed by atoms with Gasteiger partial charge in [0.15, 0.2) is 5.82 Å². The Balaban J connectivity index is 1.40. The minimum atomic E-state index is 0.271. The molecule has 1 saturated heterocycles. The van der Waals surface area contributed by atoms with E-state index >= 15 is 0 Å². The van der Waals surface area contributed by atoms with Crippen LogP contribution in [0.1, 0.15) is 12.8 Å². The molecule has 1 aliphatic carbocycles. The number of likely N-dealkylation sites (N-methyl/N-ethyl adjacent to an activating group) is 1. The third-order valence-corrected chi connectivity index (χ3v) is 5.46. The summed E-state index contributed by atoms with van der Waals surface area (Å²) < 4.78 is 5.97. The zero-order chi connectivity index (χ0) is 21.8. The summed E-state index contributed by atoms with van der Waals surface area (Å²) in [7, 11) is 2.12. The van der Waals surface area contributed by atoms with Crippen LogP contribution in [0.2, 0.25) is 0 Å². The minimum absolute atomic E-state index is 0.271. The van der Waals surface area contributed by atoms with Crippen LogP contribution in [0.3, 0.4) is 0 Å². The Hall–Kier alpha value is -3.72. The normalized spacial score (nSPS) is 16.7. The molecule has 1 aliphatic heterocycles. The van der Waals surface area contributed by atoms with Gasteiger partial charge in [-0.3, -0.25) is 5.10 Å². The summed E-state index contributed by atoms with van der Waals surface area (Å²) in [6.07, 6.45) is 8.06. The lowest BCUT2D eigenvalue weighted by Gasteiger charge is -2.32. The van der Waals surface area contributed by atoms with Crippen LogP contribution in [-0.4, -0.2) is 63.3 Å². The van der Waals surface area contributed by atoms with E-state index in [4.69, 9.17) is 4.74 Å². The van der Waals surface area contributed by atoms with Crippen LogP contribution in [0.15, 0.2) is 60.4 Å². The quantitative estimate of drug-likeness (QED) is 0.615. The van der Waals surface area contributed by atoms with Gasteiger partial charge in [0.05, 0.1) is 5.69 Å². The number of rotatable bonds is 6. The minimum Gasteiger partial charge on any atom is -0.424 e. The molecule has 2 aromatic heterocycles. The molecule has 0 radical (unpaired) electrons. The molecule has 0 atom stereocenters. The van der Waals surface area contributed by atoms with Crippen LogP contribution in [0.5, 0.6) is 6.01 Å². The maximum absolute atomic E-state index is 5.97. The molecule has 9 heteroatoms. The van der Waals surface area contributed by atoms with Gasteiger partial charge in [-0.25, -0.2) is 0 Å². The molecule has 0 bridgehead atoms. The number of benzene rings is 1. The highest BCUT2D eigenvalue weighted by atomic mass is 16.5. The Labute approximate surface area is 186 Å². The number of aromatic amines is 1. The number of ether oxygens (including phenoxy) is 1. The van der Waals surface area contributed by atoms with E-state index in [1.165, 1.54) is 0 Å². The number of aromatic nitrogens is 5. The standard InChI is InChI=1S/C23H26N8O/c1-30-12-14-31(15-13-30)22-25-21(26-23(27-22)32-18-10-6-3-7-11-18)24-20-16-19(28-29-20)17-8-4-2-5-9-17/h2,4-6,8-11,16H,3,7,12-15H2,1H3,(H2,24,25,26,27,28,29). The van der Waals surface area contributed by atoms with Crippen molar-refractivity contribution in [2.24, 2.45) is 0 Å². The lowest BCUT2D eigenvalue weighted by Crippen LogP contribution is -2.45. The molecular formula is C23H26N8O. The Bertz CT molecular complexity index is 1120. The molecule has 3 heterocycles. The van der Waals surface area contributed by atoms with Gasteiger partial charge in [0, 0.05) is 32.2 Å². The monoisotopic (exact) mass is 430 g/mol. The first-order chi connectivity index (χ1) is 15.7. The maximum atomic E-state index is 5.97.